The molecule has 0 aromatic heterocycles. The predicted molar refractivity (Wildman–Crippen MR) is 78.6 cm³/mol. The van der Waals surface area contributed by atoms with Crippen LogP contribution in [0.25, 0.3) is 10.8 Å². The summed E-state index contributed by atoms with van der Waals surface area (Å²) in [6, 6.07) is 11.1. The first-order valence-corrected chi connectivity index (χ1v) is 7.44. The third kappa shape index (κ3) is 3.16. The van der Waals surface area contributed by atoms with E-state index >= 15 is 0 Å². The van der Waals surface area contributed by atoms with Gasteiger partial charge in [-0.05, 0) is 22.9 Å². The summed E-state index contributed by atoms with van der Waals surface area (Å²) in [5.41, 5.74) is 0.130. The quantitative estimate of drug-likeness (QED) is 0.857. The first kappa shape index (κ1) is 13.9. The van der Waals surface area contributed by atoms with Crippen molar-refractivity contribution in [3.8, 4) is 5.75 Å². The maximum Gasteiger partial charge on any atom is 0.137 e. The zero-order valence-corrected chi connectivity index (χ0v) is 11.9. The van der Waals surface area contributed by atoms with Crippen LogP contribution < -0.4 is 14.7 Å². The summed E-state index contributed by atoms with van der Waals surface area (Å²) in [6.45, 7) is 3.83. The number of carboxylic acid groups (broad SMARTS) is 1. The molecular weight excluding hydrogens is 266 g/mol. The fraction of sp³-hybridized carbons (Fsp3) is 0.353. The van der Waals surface area contributed by atoms with Crippen LogP contribution in [0.1, 0.15) is 23.2 Å². The number of hydrogen-bond donors (Lipinski definition) is 1. The van der Waals surface area contributed by atoms with Crippen LogP contribution in [0.3, 0.4) is 0 Å². The van der Waals surface area contributed by atoms with Gasteiger partial charge in [0, 0.05) is 18.4 Å². The first-order valence-electron chi connectivity index (χ1n) is 7.44. The number of likely N-dealkylation sites (tertiary alicyclic amines) is 1. The fourth-order valence-electron chi connectivity index (χ4n) is 2.93. The molecule has 1 N–H and O–H groups in total. The SMILES string of the molecule is O=C([O-])c1cc2ccccc2cc1OCC[NH+]1CCCC1. The molecule has 0 spiro atoms. The van der Waals surface area contributed by atoms with Gasteiger partial charge in [0.15, 0.2) is 0 Å². The smallest absolute Gasteiger partial charge is 0.137 e. The van der Waals surface area contributed by atoms with Crippen LogP contribution in [-0.2, 0) is 0 Å². The molecule has 0 atom stereocenters. The molecule has 0 unspecified atom stereocenters. The molecule has 1 aliphatic rings. The van der Waals surface area contributed by atoms with Crippen molar-refractivity contribution >= 4 is 16.7 Å². The standard InChI is InChI=1S/C17H19NO3/c19-17(20)15-11-13-5-1-2-6-14(13)12-16(15)21-10-9-18-7-3-4-8-18/h1-2,5-6,11-12H,3-4,7-10H2,(H,19,20). The van der Waals surface area contributed by atoms with Gasteiger partial charge in [-0.1, -0.05) is 24.3 Å². The van der Waals surface area contributed by atoms with Gasteiger partial charge < -0.3 is 19.5 Å². The molecule has 1 fully saturated rings. The minimum absolute atomic E-state index is 0.130. The molecule has 0 amide bonds. The number of aromatic carboxylic acids is 1. The second-order valence-electron chi connectivity index (χ2n) is 5.54. The Morgan fingerprint density at radius 1 is 1.14 bits per heavy atom. The Hall–Kier alpha value is -2.07. The average Bonchev–Trinajstić information content (AvgIpc) is 2.99. The summed E-state index contributed by atoms with van der Waals surface area (Å²) in [7, 11) is 0. The second kappa shape index (κ2) is 6.14. The van der Waals surface area contributed by atoms with Crippen molar-refractivity contribution in [1.82, 2.24) is 0 Å². The summed E-state index contributed by atoms with van der Waals surface area (Å²) >= 11 is 0. The van der Waals surface area contributed by atoms with E-state index in [9.17, 15) is 9.90 Å². The lowest BCUT2D eigenvalue weighted by atomic mass is 10.1. The summed E-state index contributed by atoms with van der Waals surface area (Å²) in [5, 5.41) is 13.1. The van der Waals surface area contributed by atoms with E-state index in [0.717, 1.165) is 17.3 Å². The number of rotatable bonds is 5. The van der Waals surface area contributed by atoms with Crippen molar-refractivity contribution in [3.63, 3.8) is 0 Å². The van der Waals surface area contributed by atoms with Crippen molar-refractivity contribution in [1.29, 1.82) is 0 Å². The largest absolute Gasteiger partial charge is 0.545 e. The minimum atomic E-state index is -1.19. The molecule has 1 aliphatic heterocycles. The molecular formula is C17H19NO3. The Morgan fingerprint density at radius 2 is 1.81 bits per heavy atom. The first-order chi connectivity index (χ1) is 10.2. The molecule has 3 rings (SSSR count). The molecule has 0 bridgehead atoms. The lowest BCUT2D eigenvalue weighted by Crippen LogP contribution is -3.10. The maximum absolute atomic E-state index is 11.3. The highest BCUT2D eigenvalue weighted by molar-refractivity contribution is 5.96. The van der Waals surface area contributed by atoms with Gasteiger partial charge in [0.05, 0.1) is 19.1 Å². The Balaban J connectivity index is 1.78. The average molecular weight is 285 g/mol. The summed E-state index contributed by atoms with van der Waals surface area (Å²) in [4.78, 5) is 12.8. The maximum atomic E-state index is 11.3. The second-order valence-corrected chi connectivity index (χ2v) is 5.54. The number of carboxylic acids is 1. The van der Waals surface area contributed by atoms with Crippen molar-refractivity contribution in [2.75, 3.05) is 26.2 Å². The number of nitrogens with one attached hydrogen (secondary N) is 1. The van der Waals surface area contributed by atoms with Gasteiger partial charge >= 0.3 is 0 Å². The van der Waals surface area contributed by atoms with Crippen LogP contribution in [0.15, 0.2) is 36.4 Å². The van der Waals surface area contributed by atoms with E-state index in [1.54, 1.807) is 12.1 Å². The molecule has 2 aromatic carbocycles. The number of hydrogen-bond acceptors (Lipinski definition) is 3. The third-order valence-corrected chi connectivity index (χ3v) is 4.09. The molecule has 0 radical (unpaired) electrons. The van der Waals surface area contributed by atoms with Crippen LogP contribution in [-0.4, -0.2) is 32.2 Å². The van der Waals surface area contributed by atoms with Gasteiger partial charge in [-0.3, -0.25) is 0 Å². The predicted octanol–water partition coefficient (Wildman–Crippen LogP) is 0.261. The molecule has 0 aliphatic carbocycles. The van der Waals surface area contributed by atoms with E-state index < -0.39 is 5.97 Å². The highest BCUT2D eigenvalue weighted by atomic mass is 16.5. The third-order valence-electron chi connectivity index (χ3n) is 4.09. The lowest BCUT2D eigenvalue weighted by Gasteiger charge is -2.16. The van der Waals surface area contributed by atoms with Crippen LogP contribution >= 0.6 is 0 Å². The van der Waals surface area contributed by atoms with Gasteiger partial charge in [0.1, 0.15) is 18.9 Å². The lowest BCUT2D eigenvalue weighted by molar-refractivity contribution is -0.887. The topological polar surface area (TPSA) is 53.8 Å². The highest BCUT2D eigenvalue weighted by Crippen LogP contribution is 2.25. The number of fused-ring (bicyclic) bond motifs is 1. The highest BCUT2D eigenvalue weighted by Gasteiger charge is 2.15. The van der Waals surface area contributed by atoms with E-state index in [0.29, 0.717) is 12.4 Å². The van der Waals surface area contributed by atoms with Crippen LogP contribution in [0, 0.1) is 0 Å². The zero-order valence-electron chi connectivity index (χ0n) is 11.9. The molecule has 1 saturated heterocycles. The molecule has 21 heavy (non-hydrogen) atoms. The molecule has 4 nitrogen and oxygen atoms in total. The molecule has 110 valence electrons. The molecule has 4 heteroatoms. The number of benzene rings is 2. The van der Waals surface area contributed by atoms with Crippen LogP contribution in [0.4, 0.5) is 0 Å². The molecule has 2 aromatic rings. The van der Waals surface area contributed by atoms with Gasteiger partial charge in [0.25, 0.3) is 0 Å². The van der Waals surface area contributed by atoms with Crippen molar-refractivity contribution in [3.05, 3.63) is 42.0 Å². The van der Waals surface area contributed by atoms with E-state index in [1.165, 1.54) is 30.8 Å². The Bertz CT molecular complexity index is 648. The van der Waals surface area contributed by atoms with E-state index in [-0.39, 0.29) is 5.56 Å². The van der Waals surface area contributed by atoms with Crippen LogP contribution in [0.5, 0.6) is 5.75 Å². The van der Waals surface area contributed by atoms with E-state index in [2.05, 4.69) is 0 Å². The Kier molecular flexibility index (Phi) is 4.06. The normalized spacial score (nSPS) is 15.4. The monoisotopic (exact) mass is 285 g/mol. The Morgan fingerprint density at radius 3 is 2.48 bits per heavy atom. The summed E-state index contributed by atoms with van der Waals surface area (Å²) in [5.74, 6) is -0.781. The number of carbonyl (C=O) groups excluding carboxylic acids is 1. The number of ether oxygens (including phenoxy) is 1. The van der Waals surface area contributed by atoms with Gasteiger partial charge in [0.2, 0.25) is 0 Å². The van der Waals surface area contributed by atoms with E-state index in [1.807, 2.05) is 24.3 Å². The van der Waals surface area contributed by atoms with E-state index in [4.69, 9.17) is 4.74 Å². The van der Waals surface area contributed by atoms with Crippen LogP contribution in [0.2, 0.25) is 0 Å². The zero-order chi connectivity index (χ0) is 14.7. The Labute approximate surface area is 123 Å². The fourth-order valence-corrected chi connectivity index (χ4v) is 2.93. The van der Waals surface area contributed by atoms with Crippen molar-refractivity contribution in [2.45, 2.75) is 12.8 Å². The number of carbonyl (C=O) groups is 1. The van der Waals surface area contributed by atoms with Crippen molar-refractivity contribution < 1.29 is 19.5 Å². The van der Waals surface area contributed by atoms with Gasteiger partial charge in [-0.15, -0.1) is 0 Å². The van der Waals surface area contributed by atoms with Gasteiger partial charge in [-0.2, -0.15) is 0 Å². The summed E-state index contributed by atoms with van der Waals surface area (Å²) in [6.07, 6.45) is 2.55. The molecule has 1 heterocycles. The minimum Gasteiger partial charge on any atom is -0.545 e. The van der Waals surface area contributed by atoms with Crippen molar-refractivity contribution in [2.24, 2.45) is 0 Å². The molecule has 0 saturated carbocycles. The number of quaternary nitrogens is 1. The summed E-state index contributed by atoms with van der Waals surface area (Å²) < 4.78 is 5.73. The van der Waals surface area contributed by atoms with Gasteiger partial charge in [-0.25, -0.2) is 0 Å².